The Morgan fingerprint density at radius 3 is 2.56 bits per heavy atom. The second-order valence-electron chi connectivity index (χ2n) is 5.71. The molecule has 1 aromatic heterocycles. The van der Waals surface area contributed by atoms with E-state index in [0.717, 1.165) is 11.1 Å². The van der Waals surface area contributed by atoms with Gasteiger partial charge >= 0.3 is 5.97 Å². The van der Waals surface area contributed by atoms with Crippen LogP contribution in [-0.4, -0.2) is 17.1 Å². The summed E-state index contributed by atoms with van der Waals surface area (Å²) in [6.07, 6.45) is 0. The number of hydrogen-bond donors (Lipinski definition) is 0. The van der Waals surface area contributed by atoms with E-state index in [-0.39, 0.29) is 11.6 Å². The van der Waals surface area contributed by atoms with Crippen molar-refractivity contribution in [2.45, 2.75) is 20.4 Å². The van der Waals surface area contributed by atoms with E-state index in [1.165, 1.54) is 6.07 Å². The average molecular weight is 472 g/mol. The lowest BCUT2D eigenvalue weighted by Crippen LogP contribution is -2.14. The number of nitrogens with zero attached hydrogens (tertiary/aromatic N) is 1. The van der Waals surface area contributed by atoms with Crippen molar-refractivity contribution in [2.24, 2.45) is 0 Å². The highest BCUT2D eigenvalue weighted by molar-refractivity contribution is 14.1. The lowest BCUT2D eigenvalue weighted by molar-refractivity contribution is 0.0513. The predicted molar refractivity (Wildman–Crippen MR) is 106 cm³/mol. The van der Waals surface area contributed by atoms with Gasteiger partial charge in [-0.3, -0.25) is 0 Å². The monoisotopic (exact) mass is 471 g/mol. The van der Waals surface area contributed by atoms with Crippen molar-refractivity contribution < 1.29 is 13.9 Å². The van der Waals surface area contributed by atoms with E-state index in [1.807, 2.05) is 53.8 Å². The fourth-order valence-electron chi connectivity index (χ4n) is 2.77. The number of aromatic nitrogens is 1. The van der Waals surface area contributed by atoms with Gasteiger partial charge in [0.2, 0.25) is 0 Å². The molecule has 0 aliphatic heterocycles. The number of carbonyl (C=O) groups is 1. The first kappa shape index (κ1) is 18.2. The van der Waals surface area contributed by atoms with Crippen LogP contribution < -0.4 is 0 Å². The SMILES string of the molecule is CCOC(=O)c1c(I)c2c(F)c(Cl)ccc2n1Cc1ccc(C)cc1. The Labute approximate surface area is 163 Å². The van der Waals surface area contributed by atoms with E-state index in [4.69, 9.17) is 16.3 Å². The number of halogens is 3. The summed E-state index contributed by atoms with van der Waals surface area (Å²) in [6, 6.07) is 11.3. The minimum absolute atomic E-state index is 0.0355. The zero-order valence-corrected chi connectivity index (χ0v) is 16.7. The molecule has 0 amide bonds. The van der Waals surface area contributed by atoms with Crippen LogP contribution in [0.1, 0.15) is 28.5 Å². The van der Waals surface area contributed by atoms with Crippen molar-refractivity contribution in [1.82, 2.24) is 4.57 Å². The van der Waals surface area contributed by atoms with E-state index in [2.05, 4.69) is 0 Å². The first-order valence-corrected chi connectivity index (χ1v) is 9.28. The number of hydrogen-bond acceptors (Lipinski definition) is 2. The number of rotatable bonds is 4. The smallest absolute Gasteiger partial charge is 0.356 e. The zero-order valence-electron chi connectivity index (χ0n) is 13.8. The van der Waals surface area contributed by atoms with Crippen molar-refractivity contribution in [1.29, 1.82) is 0 Å². The summed E-state index contributed by atoms with van der Waals surface area (Å²) in [5.41, 5.74) is 3.13. The van der Waals surface area contributed by atoms with Gasteiger partial charge in [-0.1, -0.05) is 41.4 Å². The van der Waals surface area contributed by atoms with Crippen LogP contribution in [0.4, 0.5) is 4.39 Å². The summed E-state index contributed by atoms with van der Waals surface area (Å²) in [5.74, 6) is -0.984. The number of carbonyl (C=O) groups excluding carboxylic acids is 1. The van der Waals surface area contributed by atoms with Gasteiger partial charge in [0.05, 0.1) is 26.1 Å². The third-order valence-electron chi connectivity index (χ3n) is 3.99. The molecule has 0 fully saturated rings. The zero-order chi connectivity index (χ0) is 18.1. The maximum atomic E-state index is 14.6. The van der Waals surface area contributed by atoms with E-state index >= 15 is 0 Å². The van der Waals surface area contributed by atoms with Crippen LogP contribution in [0, 0.1) is 16.3 Å². The maximum Gasteiger partial charge on any atom is 0.356 e. The van der Waals surface area contributed by atoms with Gasteiger partial charge in [-0.25, -0.2) is 9.18 Å². The summed E-state index contributed by atoms with van der Waals surface area (Å²) < 4.78 is 22.1. The van der Waals surface area contributed by atoms with Crippen LogP contribution in [0.25, 0.3) is 10.9 Å². The van der Waals surface area contributed by atoms with Crippen LogP contribution in [0.3, 0.4) is 0 Å². The molecule has 0 N–H and O–H groups in total. The third kappa shape index (κ3) is 3.40. The first-order chi connectivity index (χ1) is 11.9. The molecule has 2 aromatic carbocycles. The molecule has 25 heavy (non-hydrogen) atoms. The normalized spacial score (nSPS) is 11.1. The van der Waals surface area contributed by atoms with Gasteiger partial charge < -0.3 is 9.30 Å². The average Bonchev–Trinajstić information content (AvgIpc) is 2.86. The quantitative estimate of drug-likeness (QED) is 0.368. The Morgan fingerprint density at radius 2 is 1.92 bits per heavy atom. The van der Waals surface area contributed by atoms with Gasteiger partial charge in [0.1, 0.15) is 5.69 Å². The molecule has 0 aliphatic carbocycles. The topological polar surface area (TPSA) is 31.2 Å². The molecule has 6 heteroatoms. The maximum absolute atomic E-state index is 14.6. The van der Waals surface area contributed by atoms with Crippen LogP contribution in [0.2, 0.25) is 5.02 Å². The number of aryl methyl sites for hydroxylation is 1. The minimum atomic E-state index is -0.517. The fourth-order valence-corrected chi connectivity index (χ4v) is 3.95. The Kier molecular flexibility index (Phi) is 5.34. The molecule has 0 radical (unpaired) electrons. The van der Waals surface area contributed by atoms with Gasteiger partial charge in [-0.05, 0) is 54.1 Å². The number of ether oxygens (including phenoxy) is 1. The molecule has 0 saturated heterocycles. The number of fused-ring (bicyclic) bond motifs is 1. The molecule has 0 spiro atoms. The lowest BCUT2D eigenvalue weighted by Gasteiger charge is -2.11. The summed E-state index contributed by atoms with van der Waals surface area (Å²) in [5, 5.41) is 0.386. The molecule has 3 aromatic rings. The molecular formula is C19H16ClFINO2. The highest BCUT2D eigenvalue weighted by Crippen LogP contribution is 2.34. The largest absolute Gasteiger partial charge is 0.461 e. The second-order valence-corrected chi connectivity index (χ2v) is 7.20. The minimum Gasteiger partial charge on any atom is -0.461 e. The van der Waals surface area contributed by atoms with E-state index in [9.17, 15) is 9.18 Å². The van der Waals surface area contributed by atoms with E-state index < -0.39 is 11.8 Å². The molecule has 1 heterocycles. The second kappa shape index (κ2) is 7.33. The fraction of sp³-hybridized carbons (Fsp3) is 0.211. The van der Waals surface area contributed by atoms with Gasteiger partial charge in [-0.2, -0.15) is 0 Å². The Bertz CT molecular complexity index is 950. The number of esters is 1. The molecule has 0 atom stereocenters. The van der Waals surface area contributed by atoms with Gasteiger partial charge in [0.15, 0.2) is 5.82 Å². The first-order valence-electron chi connectivity index (χ1n) is 7.82. The van der Waals surface area contributed by atoms with Crippen LogP contribution in [-0.2, 0) is 11.3 Å². The third-order valence-corrected chi connectivity index (χ3v) is 5.33. The van der Waals surface area contributed by atoms with Crippen molar-refractivity contribution in [3.8, 4) is 0 Å². The summed E-state index contributed by atoms with van der Waals surface area (Å²) >= 11 is 7.92. The van der Waals surface area contributed by atoms with Crippen LogP contribution in [0.15, 0.2) is 36.4 Å². The van der Waals surface area contributed by atoms with Gasteiger partial charge in [0.25, 0.3) is 0 Å². The number of benzene rings is 2. The summed E-state index contributed by atoms with van der Waals surface area (Å²) in [6.45, 7) is 4.45. The van der Waals surface area contributed by atoms with Crippen molar-refractivity contribution in [3.63, 3.8) is 0 Å². The molecular weight excluding hydrogens is 456 g/mol. The molecule has 130 valence electrons. The molecule has 0 aliphatic rings. The molecule has 0 unspecified atom stereocenters. The van der Waals surface area contributed by atoms with Gasteiger partial charge in [0, 0.05) is 6.54 Å². The standard InChI is InChI=1S/C19H16ClFINO2/c1-3-25-19(24)18-17(22)15-14(9-8-13(20)16(15)21)23(18)10-12-6-4-11(2)5-7-12/h4-9H,3,10H2,1-2H3. The van der Waals surface area contributed by atoms with Crippen molar-refractivity contribution in [2.75, 3.05) is 6.61 Å². The Balaban J connectivity index is 2.23. The van der Waals surface area contributed by atoms with E-state index in [0.29, 0.717) is 26.7 Å². The summed E-state index contributed by atoms with van der Waals surface area (Å²) in [7, 11) is 0. The molecule has 3 rings (SSSR count). The van der Waals surface area contributed by atoms with Crippen molar-refractivity contribution >= 4 is 51.1 Å². The highest BCUT2D eigenvalue weighted by atomic mass is 127. The molecule has 3 nitrogen and oxygen atoms in total. The predicted octanol–water partition coefficient (Wildman–Crippen LogP) is 5.57. The van der Waals surface area contributed by atoms with Crippen LogP contribution >= 0.6 is 34.2 Å². The van der Waals surface area contributed by atoms with E-state index in [1.54, 1.807) is 17.6 Å². The Hall–Kier alpha value is -1.60. The van der Waals surface area contributed by atoms with Gasteiger partial charge in [-0.15, -0.1) is 0 Å². The molecule has 0 bridgehead atoms. The summed E-state index contributed by atoms with van der Waals surface area (Å²) in [4.78, 5) is 12.5. The highest BCUT2D eigenvalue weighted by Gasteiger charge is 2.25. The van der Waals surface area contributed by atoms with Crippen molar-refractivity contribution in [3.05, 3.63) is 67.6 Å². The lowest BCUT2D eigenvalue weighted by atomic mass is 10.1. The van der Waals surface area contributed by atoms with Crippen LogP contribution in [0.5, 0.6) is 0 Å². The Morgan fingerprint density at radius 1 is 1.24 bits per heavy atom. The molecule has 0 saturated carbocycles.